The maximum Gasteiger partial charge on any atom is 0.305 e. The largest absolute Gasteiger partial charge is 0.481 e. The summed E-state index contributed by atoms with van der Waals surface area (Å²) in [5, 5.41) is 47.7. The number of hydrogen-bond acceptors (Lipinski definition) is 9. The summed E-state index contributed by atoms with van der Waals surface area (Å²) in [4.78, 5) is 127. The number of aromatic amines is 3. The normalized spacial score (nSPS) is 12.3. The van der Waals surface area contributed by atoms with Gasteiger partial charge in [0.25, 0.3) is 0 Å². The van der Waals surface area contributed by atoms with Gasteiger partial charge in [0.15, 0.2) is 0 Å². The van der Waals surface area contributed by atoms with E-state index in [-0.39, 0.29) is 36.3 Å². The number of hydrogen-bond donors (Lipinski definition) is 12. The van der Waals surface area contributed by atoms with Crippen LogP contribution in [0, 0.1) is 20.8 Å². The van der Waals surface area contributed by atoms with Crippen molar-refractivity contribution in [3.63, 3.8) is 0 Å². The molecule has 0 aliphatic carbocycles. The molecule has 21 nitrogen and oxygen atoms in total. The molecule has 9 rings (SSSR count). The molecule has 3 atom stereocenters. The monoisotopic (exact) mass is 1150 g/mol. The summed E-state index contributed by atoms with van der Waals surface area (Å²) in [7, 11) is 0. The number of carboxylic acids is 3. The summed E-state index contributed by atoms with van der Waals surface area (Å²) in [6, 6.07) is 38.0. The molecular formula is C64H61N9O12. The number of anilines is 3. The lowest BCUT2D eigenvalue weighted by Gasteiger charge is -2.22. The average molecular weight is 1150 g/mol. The van der Waals surface area contributed by atoms with Gasteiger partial charge in [0.2, 0.25) is 35.4 Å². The fourth-order valence-corrected chi connectivity index (χ4v) is 10.6. The molecule has 0 unspecified atom stereocenters. The molecule has 6 aromatic carbocycles. The number of aryl methyl sites for hydroxylation is 3. The number of rotatable bonds is 24. The minimum Gasteiger partial charge on any atom is -0.481 e. The van der Waals surface area contributed by atoms with E-state index in [1.807, 2.05) is 93.6 Å². The van der Waals surface area contributed by atoms with E-state index in [0.717, 1.165) is 49.8 Å². The zero-order chi connectivity index (χ0) is 60.5. The standard InChI is InChI=1S/C64H61N9O12/c1-34-46(43-10-4-7-13-49(43)65-34)28-55(74)71-52(31-58(77)78)62(83)68-40-22-16-37(17-23-40)61(38-18-24-41(25-19-38)69-63(84)53(32-59(79)80)72-56(75)29-47-35(2)66-50-14-8-5-11-44(47)50)39-20-26-42(27-21-39)70-64(85)54(33-60(81)82)73-57(76)30-48-36(3)67-51-15-9-6-12-45(48)51/h4-27,52-54,61,65-67H,28-33H2,1-3H3,(H,68,83)(H,69,84)(H,70,85)(H,71,74)(H,72,75)(H,73,76)(H,77,78)(H,79,80)(H,81,82)/t52-,53-,54-/m0/s1. The van der Waals surface area contributed by atoms with Gasteiger partial charge in [-0.15, -0.1) is 0 Å². The first kappa shape index (κ1) is 58.8. The summed E-state index contributed by atoms with van der Waals surface area (Å²) in [6.07, 6.45) is -2.41. The van der Waals surface area contributed by atoms with E-state index in [1.54, 1.807) is 72.8 Å². The Morgan fingerprint density at radius 1 is 0.365 bits per heavy atom. The maximum atomic E-state index is 13.7. The maximum absolute atomic E-state index is 13.7. The lowest BCUT2D eigenvalue weighted by atomic mass is 9.85. The molecule has 0 aliphatic heterocycles. The van der Waals surface area contributed by atoms with Crippen molar-refractivity contribution in [1.29, 1.82) is 0 Å². The van der Waals surface area contributed by atoms with Crippen molar-refractivity contribution in [2.45, 2.75) is 83.3 Å². The lowest BCUT2D eigenvalue weighted by Crippen LogP contribution is -2.45. The summed E-state index contributed by atoms with van der Waals surface area (Å²) < 4.78 is 0. The van der Waals surface area contributed by atoms with Crippen molar-refractivity contribution in [3.8, 4) is 0 Å². The molecule has 12 N–H and O–H groups in total. The Hall–Kier alpha value is -10.8. The predicted molar refractivity (Wildman–Crippen MR) is 319 cm³/mol. The van der Waals surface area contributed by atoms with E-state index in [0.29, 0.717) is 33.4 Å². The summed E-state index contributed by atoms with van der Waals surface area (Å²) in [5.74, 6) is -8.48. The second kappa shape index (κ2) is 26.0. The van der Waals surface area contributed by atoms with Crippen molar-refractivity contribution in [1.82, 2.24) is 30.9 Å². The minimum absolute atomic E-state index is 0.108. The first-order valence-electron chi connectivity index (χ1n) is 27.2. The average Bonchev–Trinajstić information content (AvgIpc) is 4.09. The number of benzene rings is 6. The molecule has 0 bridgehead atoms. The molecular weight excluding hydrogens is 1090 g/mol. The van der Waals surface area contributed by atoms with E-state index in [9.17, 15) is 58.5 Å². The molecule has 3 aromatic heterocycles. The van der Waals surface area contributed by atoms with Gasteiger partial charge in [-0.3, -0.25) is 43.2 Å². The van der Waals surface area contributed by atoms with Crippen molar-refractivity contribution < 1.29 is 58.5 Å². The van der Waals surface area contributed by atoms with Crippen LogP contribution in [0.4, 0.5) is 17.1 Å². The van der Waals surface area contributed by atoms with Crippen LogP contribution in [-0.2, 0) is 62.4 Å². The third-order valence-electron chi connectivity index (χ3n) is 14.7. The molecule has 6 amide bonds. The molecule has 3 heterocycles. The van der Waals surface area contributed by atoms with Gasteiger partial charge in [-0.1, -0.05) is 91.0 Å². The number of nitrogens with one attached hydrogen (secondary N) is 9. The second-order valence-electron chi connectivity index (χ2n) is 20.8. The van der Waals surface area contributed by atoms with Crippen LogP contribution in [0.3, 0.4) is 0 Å². The molecule has 0 spiro atoms. The summed E-state index contributed by atoms with van der Waals surface area (Å²) >= 11 is 0. The van der Waals surface area contributed by atoms with Gasteiger partial charge in [0.05, 0.1) is 38.5 Å². The zero-order valence-electron chi connectivity index (χ0n) is 46.4. The van der Waals surface area contributed by atoms with Gasteiger partial charge in [0.1, 0.15) is 18.1 Å². The van der Waals surface area contributed by atoms with Crippen LogP contribution in [0.1, 0.15) is 75.6 Å². The number of fused-ring (bicyclic) bond motifs is 3. The van der Waals surface area contributed by atoms with E-state index in [4.69, 9.17) is 0 Å². The van der Waals surface area contributed by atoms with Crippen LogP contribution < -0.4 is 31.9 Å². The highest BCUT2D eigenvalue weighted by Crippen LogP contribution is 2.35. The summed E-state index contributed by atoms with van der Waals surface area (Å²) in [6.45, 7) is 5.47. The zero-order valence-corrected chi connectivity index (χ0v) is 46.4. The van der Waals surface area contributed by atoms with Gasteiger partial charge in [-0.2, -0.15) is 0 Å². The summed E-state index contributed by atoms with van der Waals surface area (Å²) in [5.41, 5.74) is 9.73. The fourth-order valence-electron chi connectivity index (χ4n) is 10.6. The highest BCUT2D eigenvalue weighted by Gasteiger charge is 2.29. The molecule has 85 heavy (non-hydrogen) atoms. The van der Waals surface area contributed by atoms with Crippen molar-refractivity contribution in [2.24, 2.45) is 0 Å². The van der Waals surface area contributed by atoms with Crippen LogP contribution in [0.25, 0.3) is 32.7 Å². The van der Waals surface area contributed by atoms with Crippen LogP contribution in [0.5, 0.6) is 0 Å². The molecule has 0 saturated heterocycles. The van der Waals surface area contributed by atoms with Gasteiger partial charge < -0.3 is 62.2 Å². The number of carboxylic acid groups (broad SMARTS) is 3. The molecule has 0 aliphatic rings. The molecule has 21 heteroatoms. The SMILES string of the molecule is Cc1[nH]c2ccccc2c1CC(=O)N[C@@H](CC(=O)O)C(=O)Nc1ccc(C(c2ccc(NC(=O)[C@H](CC(=O)O)NC(=O)Cc3c(C)[nH]c4ccccc34)cc2)c2ccc(NC(=O)[C@H](CC(=O)O)NC(=O)Cc3c(C)[nH]c4ccccc34)cc2)cc1. The molecule has 0 saturated carbocycles. The quantitative estimate of drug-likeness (QED) is 0.0260. The van der Waals surface area contributed by atoms with Crippen LogP contribution in [0.2, 0.25) is 0 Å². The lowest BCUT2D eigenvalue weighted by molar-refractivity contribution is -0.140. The first-order valence-corrected chi connectivity index (χ1v) is 27.2. The van der Waals surface area contributed by atoms with Gasteiger partial charge in [0, 0.05) is 72.8 Å². The van der Waals surface area contributed by atoms with Crippen molar-refractivity contribution >= 4 is 103 Å². The van der Waals surface area contributed by atoms with Crippen LogP contribution >= 0.6 is 0 Å². The second-order valence-corrected chi connectivity index (χ2v) is 20.8. The Bertz CT molecular complexity index is 3620. The highest BCUT2D eigenvalue weighted by atomic mass is 16.4. The number of H-pyrrole nitrogens is 3. The minimum atomic E-state index is -1.43. The third kappa shape index (κ3) is 14.4. The topological polar surface area (TPSA) is 334 Å². The van der Waals surface area contributed by atoms with Gasteiger partial charge in [-0.05, 0) is 109 Å². The van der Waals surface area contributed by atoms with E-state index in [1.165, 1.54) is 0 Å². The van der Waals surface area contributed by atoms with Crippen LogP contribution in [-0.4, -0.2) is 102 Å². The Balaban J connectivity index is 0.932. The first-order chi connectivity index (χ1) is 40.8. The van der Waals surface area contributed by atoms with Gasteiger partial charge in [-0.25, -0.2) is 0 Å². The number of para-hydroxylation sites is 3. The molecule has 0 radical (unpaired) electrons. The van der Waals surface area contributed by atoms with Gasteiger partial charge >= 0.3 is 17.9 Å². The van der Waals surface area contributed by atoms with E-state index < -0.39 is 96.7 Å². The number of carbonyl (C=O) groups excluding carboxylic acids is 6. The third-order valence-corrected chi connectivity index (χ3v) is 14.7. The Kier molecular flexibility index (Phi) is 18.0. The fraction of sp³-hybridized carbons (Fsp3) is 0.203. The molecule has 434 valence electrons. The smallest absolute Gasteiger partial charge is 0.305 e. The molecule has 0 fully saturated rings. The van der Waals surface area contributed by atoms with E-state index >= 15 is 0 Å². The van der Waals surface area contributed by atoms with Crippen LogP contribution in [0.15, 0.2) is 146 Å². The predicted octanol–water partition coefficient (Wildman–Crippen LogP) is 7.66. The Morgan fingerprint density at radius 3 is 0.859 bits per heavy atom. The highest BCUT2D eigenvalue weighted by molar-refractivity contribution is 6.02. The molecule has 9 aromatic rings. The van der Waals surface area contributed by atoms with E-state index in [2.05, 4.69) is 46.9 Å². The van der Waals surface area contributed by atoms with Crippen molar-refractivity contribution in [3.05, 3.63) is 196 Å². The number of amides is 6. The Labute approximate surface area is 486 Å². The Morgan fingerprint density at radius 2 is 0.612 bits per heavy atom. The number of aromatic nitrogens is 3. The number of aliphatic carboxylic acids is 3. The number of carbonyl (C=O) groups is 9. The van der Waals surface area contributed by atoms with Crippen molar-refractivity contribution in [2.75, 3.05) is 16.0 Å².